The summed E-state index contributed by atoms with van der Waals surface area (Å²) in [7, 11) is 0. The molecule has 0 spiro atoms. The Hall–Kier alpha value is -2.68. The molecule has 0 bridgehead atoms. The van der Waals surface area contributed by atoms with Gasteiger partial charge in [0.25, 0.3) is 0 Å². The largest absolute Gasteiger partial charge is 0.325 e. The summed E-state index contributed by atoms with van der Waals surface area (Å²) in [5, 5.41) is 18.8. The Morgan fingerprint density at radius 1 is 1.40 bits per heavy atom. The van der Waals surface area contributed by atoms with Crippen molar-refractivity contribution in [1.82, 2.24) is 14.8 Å². The van der Waals surface area contributed by atoms with Gasteiger partial charge >= 0.3 is 0 Å². The Kier molecular flexibility index (Phi) is 4.45. The van der Waals surface area contributed by atoms with Gasteiger partial charge in [0.2, 0.25) is 11.7 Å². The van der Waals surface area contributed by atoms with Crippen molar-refractivity contribution in [3.63, 3.8) is 0 Å². The summed E-state index contributed by atoms with van der Waals surface area (Å²) >= 11 is 0. The number of carbonyl (C=O) groups excluding carboxylic acids is 1. The molecule has 1 heterocycles. The maximum Gasteiger partial charge on any atom is 0.244 e. The Morgan fingerprint density at radius 3 is 2.80 bits per heavy atom. The summed E-state index contributed by atoms with van der Waals surface area (Å²) < 4.78 is 1.40. The van der Waals surface area contributed by atoms with Crippen molar-refractivity contribution in [1.29, 1.82) is 5.26 Å². The molecule has 0 radical (unpaired) electrons. The molecule has 0 atom stereocenters. The number of nitriles is 1. The molecule has 2 rings (SSSR count). The van der Waals surface area contributed by atoms with Crippen LogP contribution in [0, 0.1) is 11.3 Å². The molecule has 2 aromatic rings. The third-order valence-electron chi connectivity index (χ3n) is 2.81. The van der Waals surface area contributed by atoms with Crippen molar-refractivity contribution in [3.05, 3.63) is 42.0 Å². The summed E-state index contributed by atoms with van der Waals surface area (Å²) in [6.07, 6.45) is 3.49. The molecule has 6 nitrogen and oxygen atoms in total. The van der Waals surface area contributed by atoms with E-state index in [2.05, 4.69) is 22.4 Å². The van der Waals surface area contributed by atoms with E-state index in [1.54, 1.807) is 0 Å². The average molecular weight is 269 g/mol. The first kappa shape index (κ1) is 13.7. The second kappa shape index (κ2) is 6.48. The lowest BCUT2D eigenvalue weighted by molar-refractivity contribution is -0.116. The molecule has 6 heteroatoms. The molecular formula is C14H15N5O. The molecule has 1 aromatic heterocycles. The third kappa shape index (κ3) is 3.42. The Bertz CT molecular complexity index is 624. The zero-order chi connectivity index (χ0) is 14.4. The highest BCUT2D eigenvalue weighted by Crippen LogP contribution is 2.11. The lowest BCUT2D eigenvalue weighted by Gasteiger charge is -2.07. The van der Waals surface area contributed by atoms with Gasteiger partial charge in [-0.3, -0.25) is 9.36 Å². The molecule has 0 saturated heterocycles. The van der Waals surface area contributed by atoms with E-state index in [0.717, 1.165) is 18.5 Å². The number of hydrogen-bond donors (Lipinski definition) is 1. The number of carbonyl (C=O) groups is 1. The van der Waals surface area contributed by atoms with Gasteiger partial charge in [0.1, 0.15) is 18.9 Å². The van der Waals surface area contributed by atoms with Gasteiger partial charge in [-0.25, -0.2) is 0 Å². The summed E-state index contributed by atoms with van der Waals surface area (Å²) in [6, 6.07) is 9.62. The first-order valence-corrected chi connectivity index (χ1v) is 6.39. The summed E-state index contributed by atoms with van der Waals surface area (Å²) in [4.78, 5) is 11.9. The number of anilines is 1. The molecule has 1 amide bonds. The van der Waals surface area contributed by atoms with Crippen LogP contribution < -0.4 is 5.32 Å². The van der Waals surface area contributed by atoms with Crippen LogP contribution in [0.5, 0.6) is 0 Å². The molecule has 0 saturated carbocycles. The minimum atomic E-state index is -0.218. The van der Waals surface area contributed by atoms with E-state index in [-0.39, 0.29) is 18.3 Å². The number of rotatable bonds is 5. The predicted molar refractivity (Wildman–Crippen MR) is 73.8 cm³/mol. The highest BCUT2D eigenvalue weighted by molar-refractivity contribution is 5.90. The van der Waals surface area contributed by atoms with Crippen molar-refractivity contribution in [3.8, 4) is 6.07 Å². The number of nitrogens with zero attached hydrogens (tertiary/aromatic N) is 4. The van der Waals surface area contributed by atoms with Crippen LogP contribution >= 0.6 is 0 Å². The first-order chi connectivity index (χ1) is 9.72. The minimum absolute atomic E-state index is 0.0204. The fraction of sp³-hybridized carbons (Fsp3) is 0.286. The SMILES string of the molecule is CCCc1ccc(NC(=O)Cn2cnnc2C#N)cc1. The van der Waals surface area contributed by atoms with Crippen LogP contribution in [0.3, 0.4) is 0 Å². The maximum absolute atomic E-state index is 11.9. The van der Waals surface area contributed by atoms with Crippen molar-refractivity contribution >= 4 is 11.6 Å². The first-order valence-electron chi connectivity index (χ1n) is 6.39. The number of aromatic nitrogens is 3. The zero-order valence-electron chi connectivity index (χ0n) is 11.2. The van der Waals surface area contributed by atoms with E-state index in [1.807, 2.05) is 30.3 Å². The van der Waals surface area contributed by atoms with Crippen LogP contribution in [0.2, 0.25) is 0 Å². The number of aryl methyl sites for hydroxylation is 1. The lowest BCUT2D eigenvalue weighted by atomic mass is 10.1. The number of hydrogen-bond acceptors (Lipinski definition) is 4. The molecular weight excluding hydrogens is 254 g/mol. The van der Waals surface area contributed by atoms with Crippen molar-refractivity contribution in [2.24, 2.45) is 0 Å². The van der Waals surface area contributed by atoms with E-state index in [0.29, 0.717) is 0 Å². The predicted octanol–water partition coefficient (Wildman–Crippen LogP) is 1.74. The molecule has 20 heavy (non-hydrogen) atoms. The topological polar surface area (TPSA) is 83.6 Å². The van der Waals surface area contributed by atoms with E-state index < -0.39 is 0 Å². The molecule has 0 aliphatic heterocycles. The van der Waals surface area contributed by atoms with Crippen molar-refractivity contribution in [2.45, 2.75) is 26.3 Å². The fourth-order valence-electron chi connectivity index (χ4n) is 1.86. The average Bonchev–Trinajstić information content (AvgIpc) is 2.88. The smallest absolute Gasteiger partial charge is 0.244 e. The van der Waals surface area contributed by atoms with Crippen LogP contribution in [0.1, 0.15) is 24.7 Å². The monoisotopic (exact) mass is 269 g/mol. The second-order valence-corrected chi connectivity index (χ2v) is 4.39. The highest BCUT2D eigenvalue weighted by atomic mass is 16.1. The van der Waals surface area contributed by atoms with Gasteiger partial charge in [0.15, 0.2) is 0 Å². The van der Waals surface area contributed by atoms with E-state index in [9.17, 15) is 4.79 Å². The molecule has 1 N–H and O–H groups in total. The number of benzene rings is 1. The fourth-order valence-corrected chi connectivity index (χ4v) is 1.86. The summed E-state index contributed by atoms with van der Waals surface area (Å²) in [6.45, 7) is 2.15. The van der Waals surface area contributed by atoms with Gasteiger partial charge < -0.3 is 5.32 Å². The standard InChI is InChI=1S/C14H15N5O/c1-2-3-11-4-6-12(7-5-11)17-14(20)9-19-10-16-18-13(19)8-15/h4-7,10H,2-3,9H2,1H3,(H,17,20). The van der Waals surface area contributed by atoms with Gasteiger partial charge in [-0.05, 0) is 24.1 Å². The molecule has 1 aromatic carbocycles. The molecule has 0 fully saturated rings. The van der Waals surface area contributed by atoms with Gasteiger partial charge in [0.05, 0.1) is 0 Å². The van der Waals surface area contributed by atoms with Gasteiger partial charge in [0, 0.05) is 5.69 Å². The van der Waals surface area contributed by atoms with Crippen molar-refractivity contribution < 1.29 is 4.79 Å². The normalized spacial score (nSPS) is 10.0. The highest BCUT2D eigenvalue weighted by Gasteiger charge is 2.08. The van der Waals surface area contributed by atoms with Crippen LogP contribution in [-0.2, 0) is 17.8 Å². The Morgan fingerprint density at radius 2 is 2.15 bits per heavy atom. The molecule has 0 aliphatic carbocycles. The number of nitrogens with one attached hydrogen (secondary N) is 1. The molecule has 0 unspecified atom stereocenters. The van der Waals surface area contributed by atoms with E-state index >= 15 is 0 Å². The maximum atomic E-state index is 11.9. The van der Waals surface area contributed by atoms with Crippen LogP contribution in [0.15, 0.2) is 30.6 Å². The van der Waals surface area contributed by atoms with Gasteiger partial charge in [-0.2, -0.15) is 5.26 Å². The van der Waals surface area contributed by atoms with Crippen LogP contribution in [0.4, 0.5) is 5.69 Å². The summed E-state index contributed by atoms with van der Waals surface area (Å²) in [5.74, 6) is -0.0945. The van der Waals surface area contributed by atoms with Gasteiger partial charge in [-0.15, -0.1) is 10.2 Å². The number of amides is 1. The molecule has 102 valence electrons. The Balaban J connectivity index is 1.96. The van der Waals surface area contributed by atoms with E-state index in [4.69, 9.17) is 5.26 Å². The lowest BCUT2D eigenvalue weighted by Crippen LogP contribution is -2.19. The van der Waals surface area contributed by atoms with Gasteiger partial charge in [-0.1, -0.05) is 25.5 Å². The molecule has 0 aliphatic rings. The Labute approximate surface area is 117 Å². The van der Waals surface area contributed by atoms with Crippen molar-refractivity contribution in [2.75, 3.05) is 5.32 Å². The quantitative estimate of drug-likeness (QED) is 0.896. The van der Waals surface area contributed by atoms with Crippen LogP contribution in [-0.4, -0.2) is 20.7 Å². The van der Waals surface area contributed by atoms with E-state index in [1.165, 1.54) is 16.5 Å². The second-order valence-electron chi connectivity index (χ2n) is 4.39. The zero-order valence-corrected chi connectivity index (χ0v) is 11.2. The third-order valence-corrected chi connectivity index (χ3v) is 2.81. The van der Waals surface area contributed by atoms with Crippen LogP contribution in [0.25, 0.3) is 0 Å². The summed E-state index contributed by atoms with van der Waals surface area (Å²) in [5.41, 5.74) is 1.98. The minimum Gasteiger partial charge on any atom is -0.325 e.